The van der Waals surface area contributed by atoms with Gasteiger partial charge in [0, 0.05) is 12.1 Å². The molecule has 0 bridgehead atoms. The van der Waals surface area contributed by atoms with E-state index in [2.05, 4.69) is 16.6 Å². The Morgan fingerprint density at radius 3 is 2.50 bits per heavy atom. The molecule has 0 spiro atoms. The number of nitrogens with one attached hydrogen (secondary N) is 1. The Labute approximate surface area is 119 Å². The van der Waals surface area contributed by atoms with Gasteiger partial charge >= 0.3 is 0 Å². The highest BCUT2D eigenvalue weighted by molar-refractivity contribution is 7.90. The highest BCUT2D eigenvalue weighted by Crippen LogP contribution is 2.07. The van der Waals surface area contributed by atoms with Crippen molar-refractivity contribution in [3.63, 3.8) is 0 Å². The summed E-state index contributed by atoms with van der Waals surface area (Å²) in [6.45, 7) is 2.12. The van der Waals surface area contributed by atoms with Crippen LogP contribution in [0.25, 0.3) is 0 Å². The third kappa shape index (κ3) is 4.67. The van der Waals surface area contributed by atoms with Crippen LogP contribution in [0.15, 0.2) is 24.3 Å². The topological polar surface area (TPSA) is 96.0 Å². The molecule has 0 amide bonds. The second-order valence-electron chi connectivity index (χ2n) is 4.09. The maximum atomic E-state index is 11.8. The summed E-state index contributed by atoms with van der Waals surface area (Å²) < 4.78 is 26.0. The molecule has 5 nitrogen and oxygen atoms in total. The van der Waals surface area contributed by atoms with Crippen molar-refractivity contribution in [2.24, 2.45) is 5.73 Å². The van der Waals surface area contributed by atoms with Gasteiger partial charge in [0.25, 0.3) is 0 Å². The van der Waals surface area contributed by atoms with E-state index >= 15 is 0 Å². The summed E-state index contributed by atoms with van der Waals surface area (Å²) in [6.07, 6.45) is 0.263. The number of nitriles is 1. The molecule has 1 aromatic rings. The van der Waals surface area contributed by atoms with E-state index in [9.17, 15) is 8.42 Å². The molecule has 0 saturated heterocycles. The summed E-state index contributed by atoms with van der Waals surface area (Å²) in [5, 5.41) is 7.77. The first-order valence-electron chi connectivity index (χ1n) is 6.19. The van der Waals surface area contributed by atoms with Gasteiger partial charge in [0.2, 0.25) is 10.0 Å². The van der Waals surface area contributed by atoms with E-state index in [4.69, 9.17) is 11.0 Å². The summed E-state index contributed by atoms with van der Waals surface area (Å²) >= 11 is 0. The van der Waals surface area contributed by atoms with E-state index in [-0.39, 0.29) is 13.0 Å². The number of nitrogens with zero attached hydrogens (tertiary/aromatic N) is 1. The molecule has 0 aliphatic carbocycles. The lowest BCUT2D eigenvalue weighted by molar-refractivity contribution is 0.572. The number of benzene rings is 1. The molecule has 1 rings (SSSR count). The van der Waals surface area contributed by atoms with Crippen LogP contribution >= 0.6 is 0 Å². The van der Waals surface area contributed by atoms with Gasteiger partial charge < -0.3 is 5.73 Å². The van der Waals surface area contributed by atoms with Crippen LogP contribution in [0.1, 0.15) is 24.5 Å². The Bertz CT molecular complexity index is 634. The van der Waals surface area contributed by atoms with Crippen molar-refractivity contribution in [2.45, 2.75) is 25.1 Å². The first kappa shape index (κ1) is 16.2. The largest absolute Gasteiger partial charge is 0.320 e. The number of hydrogen-bond donors (Lipinski definition) is 2. The molecule has 0 aromatic heterocycles. The van der Waals surface area contributed by atoms with Crippen molar-refractivity contribution < 1.29 is 8.42 Å². The summed E-state index contributed by atoms with van der Waals surface area (Å²) in [5.41, 5.74) is 6.91. The van der Waals surface area contributed by atoms with Crippen LogP contribution in [0, 0.1) is 23.2 Å². The minimum atomic E-state index is -3.60. The Kier molecular flexibility index (Phi) is 6.20. The van der Waals surface area contributed by atoms with Gasteiger partial charge in [-0.25, -0.2) is 13.1 Å². The van der Waals surface area contributed by atoms with E-state index in [1.54, 1.807) is 37.3 Å². The summed E-state index contributed by atoms with van der Waals surface area (Å²) in [5.74, 6) is 5.62. The fraction of sp³-hybridized carbons (Fsp3) is 0.357. The zero-order chi connectivity index (χ0) is 15.0. The molecule has 1 aromatic carbocycles. The van der Waals surface area contributed by atoms with E-state index < -0.39 is 15.3 Å². The first-order valence-corrected chi connectivity index (χ1v) is 7.74. The average Bonchev–Trinajstić information content (AvgIpc) is 2.45. The van der Waals surface area contributed by atoms with Crippen molar-refractivity contribution in [1.82, 2.24) is 4.72 Å². The minimum Gasteiger partial charge on any atom is -0.320 e. The van der Waals surface area contributed by atoms with Crippen molar-refractivity contribution in [3.8, 4) is 17.9 Å². The molecule has 0 fully saturated rings. The van der Waals surface area contributed by atoms with Crippen LogP contribution in [0.2, 0.25) is 0 Å². The second kappa shape index (κ2) is 7.66. The van der Waals surface area contributed by atoms with E-state index in [1.807, 2.05) is 0 Å². The van der Waals surface area contributed by atoms with Crippen LogP contribution in [-0.2, 0) is 16.6 Å². The Hall–Kier alpha value is -1.86. The fourth-order valence-corrected chi connectivity index (χ4v) is 2.67. The van der Waals surface area contributed by atoms with Gasteiger partial charge in [-0.15, -0.1) is 0 Å². The van der Waals surface area contributed by atoms with Crippen LogP contribution in [0.5, 0.6) is 0 Å². The second-order valence-corrected chi connectivity index (χ2v) is 6.04. The number of rotatable bonds is 5. The Morgan fingerprint density at radius 2 is 2.00 bits per heavy atom. The van der Waals surface area contributed by atoms with Crippen LogP contribution in [0.4, 0.5) is 0 Å². The minimum absolute atomic E-state index is 0.158. The Balaban J connectivity index is 2.69. The van der Waals surface area contributed by atoms with Gasteiger partial charge in [-0.05, 0) is 24.1 Å². The lowest BCUT2D eigenvalue weighted by Crippen LogP contribution is -2.32. The van der Waals surface area contributed by atoms with E-state index in [1.165, 1.54) is 0 Å². The normalized spacial score (nSPS) is 12.1. The molecule has 106 valence electrons. The molecule has 0 aliphatic heterocycles. The SMILES string of the molecule is CCC(C#N)S(=O)(=O)NCc1ccc(C#CCN)cc1. The van der Waals surface area contributed by atoms with Crippen molar-refractivity contribution in [3.05, 3.63) is 35.4 Å². The van der Waals surface area contributed by atoms with Gasteiger partial charge in [-0.3, -0.25) is 0 Å². The predicted octanol–water partition coefficient (Wildman–Crippen LogP) is 0.718. The van der Waals surface area contributed by atoms with E-state index in [0.29, 0.717) is 6.54 Å². The van der Waals surface area contributed by atoms with Crippen LogP contribution in [0.3, 0.4) is 0 Å². The molecule has 0 saturated carbocycles. The predicted molar refractivity (Wildman–Crippen MR) is 77.8 cm³/mol. The fourth-order valence-electron chi connectivity index (χ4n) is 1.52. The molecule has 1 atom stereocenters. The summed E-state index contributed by atoms with van der Waals surface area (Å²) in [4.78, 5) is 0. The van der Waals surface area contributed by atoms with Gasteiger partial charge in [0.1, 0.15) is 0 Å². The maximum Gasteiger partial charge on any atom is 0.228 e. The molecule has 1 unspecified atom stereocenters. The molecule has 3 N–H and O–H groups in total. The van der Waals surface area contributed by atoms with Gasteiger partial charge in [0.15, 0.2) is 5.25 Å². The maximum absolute atomic E-state index is 11.8. The molecule has 0 heterocycles. The van der Waals surface area contributed by atoms with Crippen LogP contribution < -0.4 is 10.5 Å². The average molecular weight is 291 g/mol. The monoisotopic (exact) mass is 291 g/mol. The lowest BCUT2D eigenvalue weighted by atomic mass is 10.1. The number of hydrogen-bond acceptors (Lipinski definition) is 4. The van der Waals surface area contributed by atoms with E-state index in [0.717, 1.165) is 11.1 Å². The molecular formula is C14H17N3O2S. The standard InChI is InChI=1S/C14H17N3O2S/c1-2-14(10-16)20(18,19)17-11-13-7-5-12(6-8-13)4-3-9-15/h5-8,14,17H,2,9,11,15H2,1H3. The molecule has 0 aliphatic rings. The molecule has 0 radical (unpaired) electrons. The number of nitrogens with two attached hydrogens (primary N) is 1. The zero-order valence-corrected chi connectivity index (χ0v) is 12.1. The molecular weight excluding hydrogens is 274 g/mol. The van der Waals surface area contributed by atoms with Crippen molar-refractivity contribution in [1.29, 1.82) is 5.26 Å². The highest BCUT2D eigenvalue weighted by atomic mass is 32.2. The molecule has 6 heteroatoms. The summed E-state index contributed by atoms with van der Waals surface area (Å²) in [6, 6.07) is 8.96. The van der Waals surface area contributed by atoms with Crippen molar-refractivity contribution >= 4 is 10.0 Å². The Morgan fingerprint density at radius 1 is 1.35 bits per heavy atom. The third-order valence-electron chi connectivity index (χ3n) is 2.66. The number of sulfonamides is 1. The highest BCUT2D eigenvalue weighted by Gasteiger charge is 2.22. The molecule has 20 heavy (non-hydrogen) atoms. The van der Waals surface area contributed by atoms with Gasteiger partial charge in [0.05, 0.1) is 12.6 Å². The van der Waals surface area contributed by atoms with Gasteiger partial charge in [-0.2, -0.15) is 5.26 Å². The smallest absolute Gasteiger partial charge is 0.228 e. The summed E-state index contributed by atoms with van der Waals surface area (Å²) in [7, 11) is -3.60. The zero-order valence-electron chi connectivity index (χ0n) is 11.3. The van der Waals surface area contributed by atoms with Crippen LogP contribution in [-0.4, -0.2) is 20.2 Å². The van der Waals surface area contributed by atoms with Gasteiger partial charge in [-0.1, -0.05) is 30.9 Å². The first-order chi connectivity index (χ1) is 9.53. The van der Waals surface area contributed by atoms with Crippen molar-refractivity contribution in [2.75, 3.05) is 6.54 Å². The quantitative estimate of drug-likeness (QED) is 0.781. The lowest BCUT2D eigenvalue weighted by Gasteiger charge is -2.10. The third-order valence-corrected chi connectivity index (χ3v) is 4.39.